The first kappa shape index (κ1) is 12.3. The predicted octanol–water partition coefficient (Wildman–Crippen LogP) is 1.27. The zero-order valence-corrected chi connectivity index (χ0v) is 10.5. The number of aliphatic carboxylic acids is 1. The normalized spacial score (nSPS) is 10.8. The second-order valence-electron chi connectivity index (χ2n) is 4.11. The molecule has 0 atom stereocenters. The molecule has 0 aliphatic heterocycles. The van der Waals surface area contributed by atoms with Crippen molar-refractivity contribution in [1.29, 1.82) is 0 Å². The number of aromatic nitrogens is 3. The van der Waals surface area contributed by atoms with E-state index in [1.54, 1.807) is 4.68 Å². The van der Waals surface area contributed by atoms with Crippen LogP contribution in [0.4, 0.5) is 5.69 Å². The highest BCUT2D eigenvalue weighted by Gasteiger charge is 2.09. The molecule has 0 amide bonds. The van der Waals surface area contributed by atoms with Gasteiger partial charge in [-0.1, -0.05) is 5.21 Å². The van der Waals surface area contributed by atoms with Gasteiger partial charge in [0.15, 0.2) is 0 Å². The van der Waals surface area contributed by atoms with E-state index >= 15 is 0 Å². The molecule has 0 spiro atoms. The summed E-state index contributed by atoms with van der Waals surface area (Å²) in [5.74, 6) is -0.783. The molecule has 1 heterocycles. The molecule has 0 saturated carbocycles. The number of hydrogen-bond acceptors (Lipinski definition) is 4. The summed E-state index contributed by atoms with van der Waals surface area (Å²) in [6.07, 6.45) is 0.131. The first-order chi connectivity index (χ1) is 8.61. The van der Waals surface area contributed by atoms with E-state index in [1.165, 1.54) is 0 Å². The van der Waals surface area contributed by atoms with Crippen molar-refractivity contribution in [3.05, 3.63) is 18.2 Å². The highest BCUT2D eigenvalue weighted by molar-refractivity contribution is 5.79. The van der Waals surface area contributed by atoms with Crippen molar-refractivity contribution in [1.82, 2.24) is 15.0 Å². The SMILES string of the molecule is CCN(CCC(=O)O)c1ccc2c(c1)nnn2C. The predicted molar refractivity (Wildman–Crippen MR) is 68.6 cm³/mol. The van der Waals surface area contributed by atoms with E-state index in [-0.39, 0.29) is 6.42 Å². The molecule has 0 aliphatic carbocycles. The Morgan fingerprint density at radius 3 is 2.94 bits per heavy atom. The summed E-state index contributed by atoms with van der Waals surface area (Å²) in [6.45, 7) is 3.26. The molecule has 0 bridgehead atoms. The average molecular weight is 248 g/mol. The standard InChI is InChI=1S/C12H16N4O2/c1-3-16(7-6-12(17)18)9-4-5-11-10(8-9)13-14-15(11)2/h4-5,8H,3,6-7H2,1-2H3,(H,17,18). The van der Waals surface area contributed by atoms with Gasteiger partial charge in [0.05, 0.1) is 11.9 Å². The lowest BCUT2D eigenvalue weighted by Gasteiger charge is -2.22. The van der Waals surface area contributed by atoms with Crippen LogP contribution in [-0.4, -0.2) is 39.2 Å². The van der Waals surface area contributed by atoms with Crippen molar-refractivity contribution in [3.8, 4) is 0 Å². The van der Waals surface area contributed by atoms with E-state index < -0.39 is 5.97 Å². The zero-order chi connectivity index (χ0) is 13.1. The van der Waals surface area contributed by atoms with E-state index in [1.807, 2.05) is 37.1 Å². The minimum absolute atomic E-state index is 0.131. The van der Waals surface area contributed by atoms with Crippen LogP contribution in [0.3, 0.4) is 0 Å². The number of rotatable bonds is 5. The maximum Gasteiger partial charge on any atom is 0.305 e. The topological polar surface area (TPSA) is 71.2 Å². The molecular formula is C12H16N4O2. The first-order valence-corrected chi connectivity index (χ1v) is 5.88. The summed E-state index contributed by atoms with van der Waals surface area (Å²) < 4.78 is 1.71. The lowest BCUT2D eigenvalue weighted by Crippen LogP contribution is -2.25. The van der Waals surface area contributed by atoms with Crippen molar-refractivity contribution in [2.45, 2.75) is 13.3 Å². The van der Waals surface area contributed by atoms with Gasteiger partial charge < -0.3 is 10.0 Å². The van der Waals surface area contributed by atoms with Crippen molar-refractivity contribution in [2.75, 3.05) is 18.0 Å². The maximum absolute atomic E-state index is 10.6. The van der Waals surface area contributed by atoms with Crippen molar-refractivity contribution < 1.29 is 9.90 Å². The summed E-state index contributed by atoms with van der Waals surface area (Å²) in [6, 6.07) is 5.86. The summed E-state index contributed by atoms with van der Waals surface area (Å²) in [7, 11) is 1.84. The molecule has 0 unspecified atom stereocenters. The molecule has 0 radical (unpaired) electrons. The Kier molecular flexibility index (Phi) is 3.45. The quantitative estimate of drug-likeness (QED) is 0.862. The van der Waals surface area contributed by atoms with Crippen LogP contribution in [0.15, 0.2) is 18.2 Å². The largest absolute Gasteiger partial charge is 0.481 e. The summed E-state index contributed by atoms with van der Waals surface area (Å²) in [5.41, 5.74) is 2.77. The van der Waals surface area contributed by atoms with Gasteiger partial charge in [-0.05, 0) is 25.1 Å². The highest BCUT2D eigenvalue weighted by Crippen LogP contribution is 2.20. The van der Waals surface area contributed by atoms with Gasteiger partial charge in [0.1, 0.15) is 5.52 Å². The number of carboxylic acid groups (broad SMARTS) is 1. The van der Waals surface area contributed by atoms with Gasteiger partial charge in [0, 0.05) is 25.8 Å². The van der Waals surface area contributed by atoms with E-state index in [4.69, 9.17) is 5.11 Å². The number of aryl methyl sites for hydroxylation is 1. The third kappa shape index (κ3) is 2.42. The summed E-state index contributed by atoms with van der Waals surface area (Å²) in [5, 5.41) is 16.7. The molecule has 0 saturated heterocycles. The van der Waals surface area contributed by atoms with Crippen LogP contribution >= 0.6 is 0 Å². The zero-order valence-electron chi connectivity index (χ0n) is 10.5. The summed E-state index contributed by atoms with van der Waals surface area (Å²) >= 11 is 0. The second kappa shape index (κ2) is 5.03. The number of benzene rings is 1. The molecule has 0 fully saturated rings. The molecule has 1 aromatic carbocycles. The monoisotopic (exact) mass is 248 g/mol. The molecule has 1 N–H and O–H groups in total. The molecule has 6 nitrogen and oxygen atoms in total. The highest BCUT2D eigenvalue weighted by atomic mass is 16.4. The molecule has 96 valence electrons. The maximum atomic E-state index is 10.6. The molecule has 1 aromatic heterocycles. The van der Waals surface area contributed by atoms with Crippen molar-refractivity contribution in [2.24, 2.45) is 7.05 Å². The average Bonchev–Trinajstić information content (AvgIpc) is 2.71. The van der Waals surface area contributed by atoms with Gasteiger partial charge in [0.25, 0.3) is 0 Å². The molecule has 6 heteroatoms. The van der Waals surface area contributed by atoms with Gasteiger partial charge in [-0.25, -0.2) is 4.68 Å². The number of hydrogen-bond donors (Lipinski definition) is 1. The minimum atomic E-state index is -0.783. The first-order valence-electron chi connectivity index (χ1n) is 5.88. The van der Waals surface area contributed by atoms with Crippen LogP contribution in [0.5, 0.6) is 0 Å². The lowest BCUT2D eigenvalue weighted by atomic mass is 10.2. The van der Waals surface area contributed by atoms with Gasteiger partial charge >= 0.3 is 5.97 Å². The second-order valence-corrected chi connectivity index (χ2v) is 4.11. The molecule has 2 rings (SSSR count). The Bertz CT molecular complexity index is 564. The molecular weight excluding hydrogens is 232 g/mol. The fraction of sp³-hybridized carbons (Fsp3) is 0.417. The Labute approximate surface area is 105 Å². The van der Waals surface area contributed by atoms with Crippen LogP contribution in [0, 0.1) is 0 Å². The third-order valence-electron chi connectivity index (χ3n) is 2.94. The third-order valence-corrected chi connectivity index (χ3v) is 2.94. The smallest absolute Gasteiger partial charge is 0.305 e. The summed E-state index contributed by atoms with van der Waals surface area (Å²) in [4.78, 5) is 12.6. The number of fused-ring (bicyclic) bond motifs is 1. The van der Waals surface area contributed by atoms with Crippen LogP contribution in [0.1, 0.15) is 13.3 Å². The molecule has 0 aliphatic rings. The van der Waals surface area contributed by atoms with E-state index in [2.05, 4.69) is 10.3 Å². The minimum Gasteiger partial charge on any atom is -0.481 e. The van der Waals surface area contributed by atoms with E-state index in [0.29, 0.717) is 6.54 Å². The van der Waals surface area contributed by atoms with Crippen LogP contribution in [-0.2, 0) is 11.8 Å². The fourth-order valence-corrected chi connectivity index (χ4v) is 1.93. The number of carboxylic acids is 1. The Hall–Kier alpha value is -2.11. The lowest BCUT2D eigenvalue weighted by molar-refractivity contribution is -0.136. The van der Waals surface area contributed by atoms with Gasteiger partial charge in [-0.15, -0.1) is 5.10 Å². The van der Waals surface area contributed by atoms with Crippen molar-refractivity contribution in [3.63, 3.8) is 0 Å². The van der Waals surface area contributed by atoms with Crippen molar-refractivity contribution >= 4 is 22.7 Å². The fourth-order valence-electron chi connectivity index (χ4n) is 1.93. The Morgan fingerprint density at radius 2 is 2.28 bits per heavy atom. The van der Waals surface area contributed by atoms with E-state index in [0.717, 1.165) is 23.3 Å². The number of carbonyl (C=O) groups is 1. The van der Waals surface area contributed by atoms with Crippen LogP contribution in [0.25, 0.3) is 11.0 Å². The van der Waals surface area contributed by atoms with Gasteiger partial charge in [-0.2, -0.15) is 0 Å². The Morgan fingerprint density at radius 1 is 1.50 bits per heavy atom. The van der Waals surface area contributed by atoms with Crippen LogP contribution < -0.4 is 4.90 Å². The van der Waals surface area contributed by atoms with Gasteiger partial charge in [0.2, 0.25) is 0 Å². The molecule has 18 heavy (non-hydrogen) atoms. The number of nitrogens with zero attached hydrogens (tertiary/aromatic N) is 4. The number of anilines is 1. The van der Waals surface area contributed by atoms with Crippen LogP contribution in [0.2, 0.25) is 0 Å². The Balaban J connectivity index is 2.25. The molecule has 2 aromatic rings. The van der Waals surface area contributed by atoms with E-state index in [9.17, 15) is 4.79 Å². The van der Waals surface area contributed by atoms with Gasteiger partial charge in [-0.3, -0.25) is 4.79 Å².